The molecule has 0 radical (unpaired) electrons. The van der Waals surface area contributed by atoms with Gasteiger partial charge in [-0.05, 0) is 25.1 Å². The smallest absolute Gasteiger partial charge is 0.274 e. The highest BCUT2D eigenvalue weighted by molar-refractivity contribution is 7.71. The second-order valence-corrected chi connectivity index (χ2v) is 5.87. The molecule has 1 fully saturated rings. The van der Waals surface area contributed by atoms with Crippen LogP contribution in [0.25, 0.3) is 10.3 Å². The summed E-state index contributed by atoms with van der Waals surface area (Å²) in [5.74, 6) is 0. The average molecular weight is 294 g/mol. The Kier molecular flexibility index (Phi) is 3.24. The van der Waals surface area contributed by atoms with Gasteiger partial charge in [-0.2, -0.15) is 0 Å². The molecule has 1 aliphatic heterocycles. The first kappa shape index (κ1) is 12.6. The molecule has 5 nitrogen and oxygen atoms in total. The van der Waals surface area contributed by atoms with Crippen molar-refractivity contribution in [2.45, 2.75) is 19.4 Å². The average Bonchev–Trinajstić information content (AvgIpc) is 3.02. The molecule has 0 bridgehead atoms. The van der Waals surface area contributed by atoms with Crippen LogP contribution in [-0.4, -0.2) is 27.6 Å². The van der Waals surface area contributed by atoms with Crippen molar-refractivity contribution >= 4 is 39.0 Å². The van der Waals surface area contributed by atoms with Crippen molar-refractivity contribution in [1.29, 1.82) is 0 Å². The zero-order valence-electron chi connectivity index (χ0n) is 10.4. The van der Waals surface area contributed by atoms with Crippen molar-refractivity contribution in [3.05, 3.63) is 27.8 Å². The van der Waals surface area contributed by atoms with Crippen LogP contribution in [0.5, 0.6) is 0 Å². The Bertz CT molecular complexity index is 736. The van der Waals surface area contributed by atoms with Crippen LogP contribution in [0, 0.1) is 4.77 Å². The Morgan fingerprint density at radius 2 is 2.21 bits per heavy atom. The number of aromatic nitrogens is 3. The van der Waals surface area contributed by atoms with E-state index >= 15 is 0 Å². The number of thiazole rings is 1. The normalized spacial score (nSPS) is 15.3. The number of aromatic amines is 1. The lowest BCUT2D eigenvalue weighted by Gasteiger charge is -2.11. The first-order valence-corrected chi connectivity index (χ1v) is 7.42. The standard InChI is InChI=1S/C12H14N4OS2/c1-2-5-16-10(17)8-9(13-11(16)18)14-12(19-8)15-6-3-4-7-15/h2H,1,3-7H2,(H,13,18). The summed E-state index contributed by atoms with van der Waals surface area (Å²) in [6, 6.07) is 0. The predicted molar refractivity (Wildman–Crippen MR) is 80.7 cm³/mol. The highest BCUT2D eigenvalue weighted by Crippen LogP contribution is 2.27. The maximum Gasteiger partial charge on any atom is 0.274 e. The lowest BCUT2D eigenvalue weighted by molar-refractivity contribution is 0.753. The summed E-state index contributed by atoms with van der Waals surface area (Å²) < 4.78 is 2.55. The van der Waals surface area contributed by atoms with Crippen LogP contribution in [0.4, 0.5) is 5.13 Å². The van der Waals surface area contributed by atoms with Crippen molar-refractivity contribution in [3.8, 4) is 0 Å². The van der Waals surface area contributed by atoms with Crippen LogP contribution in [0.3, 0.4) is 0 Å². The number of nitrogens with zero attached hydrogens (tertiary/aromatic N) is 3. The molecular weight excluding hydrogens is 280 g/mol. The minimum absolute atomic E-state index is 0.0819. The molecule has 3 heterocycles. The van der Waals surface area contributed by atoms with Gasteiger partial charge in [0.1, 0.15) is 4.70 Å². The molecule has 0 saturated carbocycles. The Hall–Kier alpha value is -1.47. The van der Waals surface area contributed by atoms with Crippen molar-refractivity contribution < 1.29 is 0 Å². The molecule has 1 saturated heterocycles. The fourth-order valence-electron chi connectivity index (χ4n) is 2.26. The summed E-state index contributed by atoms with van der Waals surface area (Å²) in [5, 5.41) is 0.909. The summed E-state index contributed by atoms with van der Waals surface area (Å²) in [6.45, 7) is 6.09. The zero-order valence-corrected chi connectivity index (χ0v) is 12.0. The van der Waals surface area contributed by atoms with E-state index in [0.717, 1.165) is 18.2 Å². The van der Waals surface area contributed by atoms with E-state index in [2.05, 4.69) is 21.4 Å². The molecule has 0 aliphatic carbocycles. The molecule has 2 aromatic rings. The van der Waals surface area contributed by atoms with E-state index in [1.54, 1.807) is 6.08 Å². The topological polar surface area (TPSA) is 53.9 Å². The number of allylic oxidation sites excluding steroid dienone is 1. The van der Waals surface area contributed by atoms with E-state index in [4.69, 9.17) is 12.2 Å². The molecule has 1 aliphatic rings. The Labute approximate surface area is 119 Å². The van der Waals surface area contributed by atoms with Gasteiger partial charge < -0.3 is 9.88 Å². The van der Waals surface area contributed by atoms with Crippen LogP contribution >= 0.6 is 23.6 Å². The number of H-pyrrole nitrogens is 1. The molecule has 0 spiro atoms. The number of rotatable bonds is 3. The Morgan fingerprint density at radius 1 is 1.47 bits per heavy atom. The van der Waals surface area contributed by atoms with Crippen LogP contribution in [0.15, 0.2) is 17.4 Å². The number of anilines is 1. The molecule has 2 aromatic heterocycles. The van der Waals surface area contributed by atoms with E-state index in [-0.39, 0.29) is 5.56 Å². The molecule has 100 valence electrons. The van der Waals surface area contributed by atoms with Crippen LogP contribution in [-0.2, 0) is 6.54 Å². The third kappa shape index (κ3) is 2.12. The number of nitrogens with one attached hydrogen (secondary N) is 1. The summed E-state index contributed by atoms with van der Waals surface area (Å²) in [7, 11) is 0. The molecule has 0 unspecified atom stereocenters. The second-order valence-electron chi connectivity index (χ2n) is 4.50. The number of hydrogen-bond donors (Lipinski definition) is 1. The van der Waals surface area contributed by atoms with Crippen molar-refractivity contribution in [3.63, 3.8) is 0 Å². The largest absolute Gasteiger partial charge is 0.348 e. The van der Waals surface area contributed by atoms with E-state index in [0.29, 0.717) is 21.7 Å². The maximum atomic E-state index is 12.3. The number of fused-ring (bicyclic) bond motifs is 1. The fourth-order valence-corrected chi connectivity index (χ4v) is 3.54. The van der Waals surface area contributed by atoms with Crippen LogP contribution < -0.4 is 10.5 Å². The molecule has 0 amide bonds. The minimum Gasteiger partial charge on any atom is -0.348 e. The highest BCUT2D eigenvalue weighted by Gasteiger charge is 2.18. The molecule has 7 heteroatoms. The Balaban J connectivity index is 2.17. The summed E-state index contributed by atoms with van der Waals surface area (Å²) in [5.41, 5.74) is 0.517. The van der Waals surface area contributed by atoms with Gasteiger partial charge in [0.15, 0.2) is 15.5 Å². The van der Waals surface area contributed by atoms with Crippen LogP contribution in [0.2, 0.25) is 0 Å². The van der Waals surface area contributed by atoms with Crippen molar-refractivity contribution in [2.75, 3.05) is 18.0 Å². The van der Waals surface area contributed by atoms with Gasteiger partial charge in [0, 0.05) is 19.6 Å². The third-order valence-electron chi connectivity index (χ3n) is 3.21. The predicted octanol–water partition coefficient (Wildman–Crippen LogP) is 2.30. The monoisotopic (exact) mass is 294 g/mol. The molecular formula is C12H14N4OS2. The van der Waals surface area contributed by atoms with Gasteiger partial charge in [-0.15, -0.1) is 6.58 Å². The molecule has 3 rings (SSSR count). The molecule has 19 heavy (non-hydrogen) atoms. The quantitative estimate of drug-likeness (QED) is 0.697. The van der Waals surface area contributed by atoms with E-state index in [1.165, 1.54) is 28.7 Å². The van der Waals surface area contributed by atoms with Gasteiger partial charge in [0.25, 0.3) is 5.56 Å². The SMILES string of the molecule is C=CCn1c(=S)[nH]c2nc(N3CCCC3)sc2c1=O. The highest BCUT2D eigenvalue weighted by atomic mass is 32.1. The summed E-state index contributed by atoms with van der Waals surface area (Å²) in [6.07, 6.45) is 4.04. The van der Waals surface area contributed by atoms with Gasteiger partial charge >= 0.3 is 0 Å². The van der Waals surface area contributed by atoms with Gasteiger partial charge in [-0.1, -0.05) is 17.4 Å². The third-order valence-corrected chi connectivity index (χ3v) is 4.64. The summed E-state index contributed by atoms with van der Waals surface area (Å²) >= 11 is 6.63. The second kappa shape index (κ2) is 4.90. The van der Waals surface area contributed by atoms with E-state index in [1.807, 2.05) is 0 Å². The fraction of sp³-hybridized carbons (Fsp3) is 0.417. The van der Waals surface area contributed by atoms with E-state index < -0.39 is 0 Å². The maximum absolute atomic E-state index is 12.3. The van der Waals surface area contributed by atoms with Gasteiger partial charge in [-0.3, -0.25) is 9.36 Å². The van der Waals surface area contributed by atoms with Crippen molar-refractivity contribution in [1.82, 2.24) is 14.5 Å². The first-order valence-electron chi connectivity index (χ1n) is 6.20. The molecule has 1 N–H and O–H groups in total. The molecule has 0 atom stereocenters. The van der Waals surface area contributed by atoms with E-state index in [9.17, 15) is 4.79 Å². The first-order chi connectivity index (χ1) is 9.20. The van der Waals surface area contributed by atoms with Crippen molar-refractivity contribution in [2.24, 2.45) is 0 Å². The van der Waals surface area contributed by atoms with Gasteiger partial charge in [0.05, 0.1) is 0 Å². The van der Waals surface area contributed by atoms with Gasteiger partial charge in [-0.25, -0.2) is 4.98 Å². The summed E-state index contributed by atoms with van der Waals surface area (Å²) in [4.78, 5) is 22.1. The minimum atomic E-state index is -0.0819. The Morgan fingerprint density at radius 3 is 2.89 bits per heavy atom. The lowest BCUT2D eigenvalue weighted by Crippen LogP contribution is -2.20. The number of hydrogen-bond acceptors (Lipinski definition) is 5. The lowest BCUT2D eigenvalue weighted by atomic mass is 10.4. The zero-order chi connectivity index (χ0) is 13.4. The van der Waals surface area contributed by atoms with Gasteiger partial charge in [0.2, 0.25) is 0 Å². The van der Waals surface area contributed by atoms with Crippen LogP contribution in [0.1, 0.15) is 12.8 Å². The molecule has 0 aromatic carbocycles.